The SMILES string of the molecule is CNCc1cnc(-c2nc(C)cs2)s1. The molecule has 0 saturated carbocycles. The maximum absolute atomic E-state index is 4.40. The van der Waals surface area contributed by atoms with Crippen LogP contribution in [0.25, 0.3) is 10.0 Å². The summed E-state index contributed by atoms with van der Waals surface area (Å²) in [4.78, 5) is 9.99. The molecule has 2 rings (SSSR count). The van der Waals surface area contributed by atoms with Crippen molar-refractivity contribution in [3.05, 3.63) is 22.1 Å². The van der Waals surface area contributed by atoms with E-state index in [-0.39, 0.29) is 0 Å². The molecule has 0 unspecified atom stereocenters. The van der Waals surface area contributed by atoms with Crippen molar-refractivity contribution in [1.29, 1.82) is 0 Å². The largest absolute Gasteiger partial charge is 0.315 e. The van der Waals surface area contributed by atoms with E-state index in [4.69, 9.17) is 0 Å². The summed E-state index contributed by atoms with van der Waals surface area (Å²) in [5, 5.41) is 7.20. The van der Waals surface area contributed by atoms with E-state index >= 15 is 0 Å². The molecule has 74 valence electrons. The summed E-state index contributed by atoms with van der Waals surface area (Å²) >= 11 is 3.35. The van der Waals surface area contributed by atoms with Crippen LogP contribution in [0.15, 0.2) is 11.6 Å². The van der Waals surface area contributed by atoms with Crippen LogP contribution >= 0.6 is 22.7 Å². The van der Waals surface area contributed by atoms with Crippen molar-refractivity contribution in [2.45, 2.75) is 13.5 Å². The third-order valence-electron chi connectivity index (χ3n) is 1.71. The monoisotopic (exact) mass is 225 g/mol. The molecule has 0 bridgehead atoms. The Hall–Kier alpha value is -0.780. The first-order valence-corrected chi connectivity index (χ1v) is 6.01. The maximum atomic E-state index is 4.40. The molecule has 0 aliphatic carbocycles. The first kappa shape index (κ1) is 9.76. The molecular formula is C9H11N3S2. The smallest absolute Gasteiger partial charge is 0.152 e. The average molecular weight is 225 g/mol. The molecule has 0 aliphatic rings. The van der Waals surface area contributed by atoms with Gasteiger partial charge in [0.05, 0.1) is 0 Å². The van der Waals surface area contributed by atoms with Gasteiger partial charge < -0.3 is 5.32 Å². The van der Waals surface area contributed by atoms with Gasteiger partial charge in [-0.25, -0.2) is 9.97 Å². The summed E-state index contributed by atoms with van der Waals surface area (Å²) < 4.78 is 0. The molecule has 5 heteroatoms. The van der Waals surface area contributed by atoms with Gasteiger partial charge in [0.1, 0.15) is 0 Å². The fourth-order valence-electron chi connectivity index (χ4n) is 1.11. The summed E-state index contributed by atoms with van der Waals surface area (Å²) in [6.45, 7) is 2.88. The van der Waals surface area contributed by atoms with Crippen molar-refractivity contribution in [2.24, 2.45) is 0 Å². The zero-order valence-electron chi connectivity index (χ0n) is 8.07. The Morgan fingerprint density at radius 1 is 1.43 bits per heavy atom. The second-order valence-electron chi connectivity index (χ2n) is 2.96. The molecule has 2 aromatic rings. The van der Waals surface area contributed by atoms with Crippen molar-refractivity contribution in [1.82, 2.24) is 15.3 Å². The maximum Gasteiger partial charge on any atom is 0.152 e. The first-order valence-electron chi connectivity index (χ1n) is 4.31. The van der Waals surface area contributed by atoms with Crippen LogP contribution in [-0.4, -0.2) is 17.0 Å². The van der Waals surface area contributed by atoms with Crippen LogP contribution in [0.4, 0.5) is 0 Å². The van der Waals surface area contributed by atoms with Gasteiger partial charge in [-0.15, -0.1) is 22.7 Å². The fraction of sp³-hybridized carbons (Fsp3) is 0.333. The van der Waals surface area contributed by atoms with Crippen molar-refractivity contribution in [2.75, 3.05) is 7.05 Å². The molecule has 0 saturated heterocycles. The van der Waals surface area contributed by atoms with E-state index in [1.165, 1.54) is 4.88 Å². The molecule has 0 aliphatic heterocycles. The van der Waals surface area contributed by atoms with Gasteiger partial charge in [0.25, 0.3) is 0 Å². The molecule has 0 atom stereocenters. The minimum Gasteiger partial charge on any atom is -0.315 e. The second-order valence-corrected chi connectivity index (χ2v) is 4.93. The van der Waals surface area contributed by atoms with E-state index in [2.05, 4.69) is 20.7 Å². The van der Waals surface area contributed by atoms with Crippen LogP contribution in [0.3, 0.4) is 0 Å². The Morgan fingerprint density at radius 2 is 2.29 bits per heavy atom. The summed E-state index contributed by atoms with van der Waals surface area (Å²) in [6.07, 6.45) is 1.91. The van der Waals surface area contributed by atoms with Crippen LogP contribution in [0, 0.1) is 6.92 Å². The van der Waals surface area contributed by atoms with Crippen LogP contribution < -0.4 is 5.32 Å². The molecule has 1 N–H and O–H groups in total. The molecule has 14 heavy (non-hydrogen) atoms. The number of hydrogen-bond acceptors (Lipinski definition) is 5. The highest BCUT2D eigenvalue weighted by Crippen LogP contribution is 2.27. The van der Waals surface area contributed by atoms with Gasteiger partial charge >= 0.3 is 0 Å². The Kier molecular flexibility index (Phi) is 2.90. The number of aromatic nitrogens is 2. The standard InChI is InChI=1S/C9H11N3S2/c1-6-5-13-9(12-6)8-11-4-7(14-8)3-10-2/h4-5,10H,3H2,1-2H3. The Morgan fingerprint density at radius 3 is 2.93 bits per heavy atom. The third kappa shape index (κ3) is 2.00. The molecule has 3 nitrogen and oxygen atoms in total. The van der Waals surface area contributed by atoms with E-state index in [0.29, 0.717) is 0 Å². The molecule has 0 amide bonds. The Labute approximate surface area is 90.9 Å². The quantitative estimate of drug-likeness (QED) is 0.871. The lowest BCUT2D eigenvalue weighted by molar-refractivity contribution is 0.829. The van der Waals surface area contributed by atoms with Crippen LogP contribution in [-0.2, 0) is 6.54 Å². The van der Waals surface area contributed by atoms with Crippen LogP contribution in [0.2, 0.25) is 0 Å². The number of aryl methyl sites for hydroxylation is 1. The Bertz CT molecular complexity index is 419. The molecule has 0 fully saturated rings. The van der Waals surface area contributed by atoms with Crippen molar-refractivity contribution in [3.63, 3.8) is 0 Å². The lowest BCUT2D eigenvalue weighted by Crippen LogP contribution is -2.02. The van der Waals surface area contributed by atoms with Gasteiger partial charge in [0.15, 0.2) is 10.0 Å². The van der Waals surface area contributed by atoms with Crippen LogP contribution in [0.1, 0.15) is 10.6 Å². The van der Waals surface area contributed by atoms with E-state index in [1.54, 1.807) is 22.7 Å². The normalized spacial score (nSPS) is 10.7. The molecule has 2 aromatic heterocycles. The van der Waals surface area contributed by atoms with Crippen molar-refractivity contribution in [3.8, 4) is 10.0 Å². The van der Waals surface area contributed by atoms with Gasteiger partial charge in [-0.3, -0.25) is 0 Å². The number of nitrogens with zero attached hydrogens (tertiary/aromatic N) is 2. The minimum atomic E-state index is 0.877. The van der Waals surface area contributed by atoms with Crippen molar-refractivity contribution < 1.29 is 0 Å². The molecule has 2 heterocycles. The molecule has 0 spiro atoms. The van der Waals surface area contributed by atoms with Crippen molar-refractivity contribution >= 4 is 22.7 Å². The van der Waals surface area contributed by atoms with Gasteiger partial charge in [0, 0.05) is 28.7 Å². The zero-order chi connectivity index (χ0) is 9.97. The molecule has 0 aromatic carbocycles. The summed E-state index contributed by atoms with van der Waals surface area (Å²) in [7, 11) is 1.94. The van der Waals surface area contributed by atoms with E-state index in [9.17, 15) is 0 Å². The molecular weight excluding hydrogens is 214 g/mol. The lowest BCUT2D eigenvalue weighted by atomic mass is 10.5. The predicted octanol–water partition coefficient (Wildman–Crippen LogP) is 2.29. The number of rotatable bonds is 3. The highest BCUT2D eigenvalue weighted by Gasteiger charge is 2.07. The summed E-state index contributed by atoms with van der Waals surface area (Å²) in [5.41, 5.74) is 1.07. The van der Waals surface area contributed by atoms with Gasteiger partial charge in [-0.2, -0.15) is 0 Å². The highest BCUT2D eigenvalue weighted by molar-refractivity contribution is 7.20. The number of hydrogen-bond donors (Lipinski definition) is 1. The fourth-order valence-corrected chi connectivity index (χ4v) is 2.88. The van der Waals surface area contributed by atoms with E-state index in [1.807, 2.05) is 20.2 Å². The number of nitrogens with one attached hydrogen (secondary N) is 1. The molecule has 0 radical (unpaired) electrons. The second kappa shape index (κ2) is 4.16. The average Bonchev–Trinajstić information content (AvgIpc) is 2.74. The zero-order valence-corrected chi connectivity index (χ0v) is 9.71. The minimum absolute atomic E-state index is 0.877. The summed E-state index contributed by atoms with van der Waals surface area (Å²) in [6, 6.07) is 0. The van der Waals surface area contributed by atoms with E-state index < -0.39 is 0 Å². The van der Waals surface area contributed by atoms with Gasteiger partial charge in [-0.1, -0.05) is 0 Å². The van der Waals surface area contributed by atoms with Crippen LogP contribution in [0.5, 0.6) is 0 Å². The predicted molar refractivity (Wildman–Crippen MR) is 60.7 cm³/mol. The van der Waals surface area contributed by atoms with Gasteiger partial charge in [0.2, 0.25) is 0 Å². The Balaban J connectivity index is 2.24. The first-order chi connectivity index (χ1) is 6.79. The third-order valence-corrected chi connectivity index (χ3v) is 3.81. The summed E-state index contributed by atoms with van der Waals surface area (Å²) in [5.74, 6) is 0. The van der Waals surface area contributed by atoms with Gasteiger partial charge in [-0.05, 0) is 14.0 Å². The lowest BCUT2D eigenvalue weighted by Gasteiger charge is -1.89. The number of thiazole rings is 2. The topological polar surface area (TPSA) is 37.8 Å². The van der Waals surface area contributed by atoms with E-state index in [0.717, 1.165) is 22.3 Å². The highest BCUT2D eigenvalue weighted by atomic mass is 32.1.